The summed E-state index contributed by atoms with van der Waals surface area (Å²) >= 11 is 1.39. The third kappa shape index (κ3) is 5.59. The van der Waals surface area contributed by atoms with Crippen molar-refractivity contribution in [1.29, 1.82) is 0 Å². The fourth-order valence-electron chi connectivity index (χ4n) is 5.58. The zero-order chi connectivity index (χ0) is 31.0. The van der Waals surface area contributed by atoms with Gasteiger partial charge in [-0.05, 0) is 41.0 Å². The number of morpholine rings is 1. The Balaban J connectivity index is 1.30. The van der Waals surface area contributed by atoms with Gasteiger partial charge in [0.1, 0.15) is 6.17 Å². The maximum atomic E-state index is 15.0. The number of carboxylic acid groups (broad SMARTS) is 1. The number of hydrogen-bond acceptors (Lipinski definition) is 7. The van der Waals surface area contributed by atoms with Crippen LogP contribution in [0.25, 0.3) is 0 Å². The van der Waals surface area contributed by atoms with Gasteiger partial charge in [0.15, 0.2) is 23.1 Å². The van der Waals surface area contributed by atoms with Gasteiger partial charge in [-0.3, -0.25) is 14.9 Å². The fraction of sp³-hybridized carbons (Fsp3) is 0.219. The number of nitrogens with zero attached hydrogens (tertiary/aromatic N) is 1. The zero-order valence-corrected chi connectivity index (χ0v) is 24.0. The van der Waals surface area contributed by atoms with Crippen LogP contribution in [0.2, 0.25) is 0 Å². The topological polar surface area (TPSA) is 132 Å². The Hall–Kier alpha value is -4.52. The molecule has 2 atom stereocenters. The van der Waals surface area contributed by atoms with Crippen LogP contribution in [-0.4, -0.2) is 57.9 Å². The summed E-state index contributed by atoms with van der Waals surface area (Å²) in [5, 5.41) is 23.5. The highest BCUT2D eigenvalue weighted by Gasteiger charge is 2.35. The van der Waals surface area contributed by atoms with Crippen LogP contribution < -0.4 is 10.7 Å². The van der Waals surface area contributed by atoms with Gasteiger partial charge in [-0.2, -0.15) is 0 Å². The predicted molar refractivity (Wildman–Crippen MR) is 158 cm³/mol. The number of aromatic hydroxyl groups is 1. The summed E-state index contributed by atoms with van der Waals surface area (Å²) in [6.07, 6.45) is 0.619. The molecule has 44 heavy (non-hydrogen) atoms. The Morgan fingerprint density at radius 3 is 2.73 bits per heavy atom. The highest BCUT2D eigenvalue weighted by atomic mass is 32.2. The first-order valence-electron chi connectivity index (χ1n) is 13.8. The van der Waals surface area contributed by atoms with Crippen LogP contribution >= 0.6 is 11.8 Å². The molecule has 1 fully saturated rings. The lowest BCUT2D eigenvalue weighted by Gasteiger charge is -2.38. The monoisotopic (exact) mass is 619 g/mol. The SMILES string of the molecule is O=C(O)c1cccc(Cc2c[nH]c(C(=O)N3CCOC[C@H]3N[C@H]3c4ccccc4SCc4c3ccc(F)c4F)c(O)c2=O)c1. The molecule has 0 spiro atoms. The van der Waals surface area contributed by atoms with Gasteiger partial charge in [-0.25, -0.2) is 13.6 Å². The van der Waals surface area contributed by atoms with Crippen LogP contribution in [0.5, 0.6) is 5.75 Å². The average molecular weight is 620 g/mol. The second kappa shape index (κ2) is 12.2. The van der Waals surface area contributed by atoms with E-state index in [4.69, 9.17) is 4.74 Å². The van der Waals surface area contributed by atoms with E-state index < -0.39 is 46.9 Å². The highest BCUT2D eigenvalue weighted by molar-refractivity contribution is 7.98. The number of ether oxygens (including phenoxy) is 1. The van der Waals surface area contributed by atoms with Crippen molar-refractivity contribution in [3.8, 4) is 5.75 Å². The molecule has 3 heterocycles. The molecule has 0 radical (unpaired) electrons. The van der Waals surface area contributed by atoms with Crippen molar-refractivity contribution in [3.05, 3.63) is 128 Å². The van der Waals surface area contributed by atoms with E-state index in [0.29, 0.717) is 11.1 Å². The summed E-state index contributed by atoms with van der Waals surface area (Å²) in [7, 11) is 0. The van der Waals surface area contributed by atoms with E-state index in [1.54, 1.807) is 12.1 Å². The Labute approximate surface area is 254 Å². The molecule has 2 aliphatic heterocycles. The Morgan fingerprint density at radius 1 is 1.09 bits per heavy atom. The molecular formula is C32H27F2N3O6S. The number of aromatic carboxylic acids is 1. The summed E-state index contributed by atoms with van der Waals surface area (Å²) in [6.45, 7) is 0.412. The number of carboxylic acids is 1. The third-order valence-electron chi connectivity index (χ3n) is 7.81. The Bertz CT molecular complexity index is 1830. The number of rotatable bonds is 6. The van der Waals surface area contributed by atoms with E-state index in [9.17, 15) is 33.4 Å². The number of H-pyrrole nitrogens is 1. The van der Waals surface area contributed by atoms with Crippen molar-refractivity contribution in [1.82, 2.24) is 15.2 Å². The van der Waals surface area contributed by atoms with Crippen molar-refractivity contribution in [2.45, 2.75) is 29.3 Å². The van der Waals surface area contributed by atoms with Crippen LogP contribution in [-0.2, 0) is 16.9 Å². The Morgan fingerprint density at radius 2 is 1.91 bits per heavy atom. The van der Waals surface area contributed by atoms with Gasteiger partial charge in [0.25, 0.3) is 5.91 Å². The number of carbonyl (C=O) groups is 2. The molecule has 6 rings (SSSR count). The fourth-order valence-corrected chi connectivity index (χ4v) is 6.70. The van der Waals surface area contributed by atoms with E-state index in [2.05, 4.69) is 10.3 Å². The number of pyridine rings is 1. The number of aromatic nitrogens is 1. The van der Waals surface area contributed by atoms with Crippen molar-refractivity contribution in [3.63, 3.8) is 0 Å². The Kier molecular flexibility index (Phi) is 8.21. The molecule has 4 N–H and O–H groups in total. The molecule has 0 unspecified atom stereocenters. The lowest BCUT2D eigenvalue weighted by Crippen LogP contribution is -2.56. The predicted octanol–water partition coefficient (Wildman–Crippen LogP) is 4.43. The molecule has 1 aromatic heterocycles. The summed E-state index contributed by atoms with van der Waals surface area (Å²) in [5.74, 6) is -4.15. The lowest BCUT2D eigenvalue weighted by atomic mass is 9.94. The van der Waals surface area contributed by atoms with Gasteiger partial charge in [0.05, 0.1) is 24.8 Å². The average Bonchev–Trinajstić information content (AvgIpc) is 3.19. The number of amides is 1. The van der Waals surface area contributed by atoms with Gasteiger partial charge in [0.2, 0.25) is 5.43 Å². The van der Waals surface area contributed by atoms with Crippen molar-refractivity contribution in [2.75, 3.05) is 19.8 Å². The molecule has 1 saturated heterocycles. The number of carbonyl (C=O) groups excluding carboxylic acids is 1. The number of halogens is 2. The van der Waals surface area contributed by atoms with Gasteiger partial charge < -0.3 is 24.8 Å². The number of hydrogen-bond donors (Lipinski definition) is 4. The number of fused-ring (bicyclic) bond motifs is 2. The highest BCUT2D eigenvalue weighted by Crippen LogP contribution is 2.41. The minimum absolute atomic E-state index is 0.0376. The van der Waals surface area contributed by atoms with Gasteiger partial charge >= 0.3 is 5.97 Å². The maximum absolute atomic E-state index is 15.0. The van der Waals surface area contributed by atoms with Crippen molar-refractivity contribution >= 4 is 23.6 Å². The second-order valence-corrected chi connectivity index (χ2v) is 11.5. The first-order valence-corrected chi connectivity index (χ1v) is 14.8. The van der Waals surface area contributed by atoms with E-state index in [1.807, 2.05) is 24.3 Å². The van der Waals surface area contributed by atoms with Crippen molar-refractivity contribution in [2.24, 2.45) is 0 Å². The summed E-state index contributed by atoms with van der Waals surface area (Å²) < 4.78 is 34.9. The van der Waals surface area contributed by atoms with Crippen LogP contribution in [0.1, 0.15) is 54.7 Å². The van der Waals surface area contributed by atoms with Crippen LogP contribution in [0, 0.1) is 11.6 Å². The maximum Gasteiger partial charge on any atom is 0.335 e. The molecule has 0 saturated carbocycles. The first-order chi connectivity index (χ1) is 21.2. The van der Waals surface area contributed by atoms with Crippen LogP contribution in [0.4, 0.5) is 8.78 Å². The van der Waals surface area contributed by atoms with E-state index >= 15 is 0 Å². The van der Waals surface area contributed by atoms with Gasteiger partial charge in [-0.15, -0.1) is 11.8 Å². The summed E-state index contributed by atoms with van der Waals surface area (Å²) in [4.78, 5) is 43.3. The molecule has 1 amide bonds. The molecule has 0 aliphatic carbocycles. The van der Waals surface area contributed by atoms with E-state index in [1.165, 1.54) is 41.1 Å². The van der Waals surface area contributed by atoms with Crippen LogP contribution in [0.3, 0.4) is 0 Å². The molecule has 3 aromatic carbocycles. The summed E-state index contributed by atoms with van der Waals surface area (Å²) in [6, 6.07) is 15.6. The molecular weight excluding hydrogens is 592 g/mol. The number of nitrogens with one attached hydrogen (secondary N) is 2. The smallest absolute Gasteiger partial charge is 0.335 e. The molecule has 0 bridgehead atoms. The molecule has 12 heteroatoms. The largest absolute Gasteiger partial charge is 0.503 e. The van der Waals surface area contributed by atoms with Gasteiger partial charge in [0, 0.05) is 40.9 Å². The van der Waals surface area contributed by atoms with E-state index in [0.717, 1.165) is 16.5 Å². The minimum atomic E-state index is -1.11. The zero-order valence-electron chi connectivity index (χ0n) is 23.2. The quantitative estimate of drug-likeness (QED) is 0.249. The normalized spacial score (nSPS) is 17.8. The summed E-state index contributed by atoms with van der Waals surface area (Å²) in [5.41, 5.74) is 1.28. The number of thioether (sulfide) groups is 1. The lowest BCUT2D eigenvalue weighted by molar-refractivity contribution is -0.0151. The standard InChI is InChI=1S/C32H27F2N3O6S/c33-23-9-8-20-22(26(23)34)16-44-24-7-2-1-6-21(24)27(20)36-25-15-43-11-10-37(25)31(40)28-30(39)29(38)19(14-35-28)13-17-4-3-5-18(12-17)32(41)42/h1-9,12,14,25,27,36,39H,10-11,13,15-16H2,(H,35,38)(H,41,42)/t25-,27+/m0/s1. The molecule has 9 nitrogen and oxygen atoms in total. The molecule has 226 valence electrons. The molecule has 4 aromatic rings. The molecule has 2 aliphatic rings. The third-order valence-corrected chi connectivity index (χ3v) is 8.93. The second-order valence-electron chi connectivity index (χ2n) is 10.5. The van der Waals surface area contributed by atoms with E-state index in [-0.39, 0.29) is 54.3 Å². The minimum Gasteiger partial charge on any atom is -0.503 e. The van der Waals surface area contributed by atoms with Crippen molar-refractivity contribution < 1.29 is 33.3 Å². The van der Waals surface area contributed by atoms with Gasteiger partial charge in [-0.1, -0.05) is 36.4 Å². The van der Waals surface area contributed by atoms with Crippen LogP contribution in [0.15, 0.2) is 76.6 Å². The number of benzene rings is 3. The first kappa shape index (κ1) is 29.5. The number of aromatic amines is 1.